The normalized spacial score (nSPS) is 10.5. The largest absolute Gasteiger partial charge is 0.221 e. The van der Waals surface area contributed by atoms with Gasteiger partial charge in [0, 0.05) is 20.6 Å². The molecule has 0 radical (unpaired) electrons. The van der Waals surface area contributed by atoms with Gasteiger partial charge in [0.1, 0.15) is 9.21 Å². The highest BCUT2D eigenvalue weighted by Gasteiger charge is 2.06. The average Bonchev–Trinajstić information content (AvgIpc) is 2.20. The Hall–Kier alpha value is 0.220. The zero-order valence-corrected chi connectivity index (χ0v) is 14.1. The van der Waals surface area contributed by atoms with Crippen molar-refractivity contribution in [1.29, 1.82) is 0 Å². The molecule has 0 unspecified atom stereocenters. The molecule has 1 aromatic carbocycles. The van der Waals surface area contributed by atoms with Gasteiger partial charge >= 0.3 is 0 Å². The summed E-state index contributed by atoms with van der Waals surface area (Å²) >= 11 is 13.6. The molecular formula is C10H4Br4N2. The van der Waals surface area contributed by atoms with Crippen molar-refractivity contribution in [3.05, 3.63) is 42.4 Å². The van der Waals surface area contributed by atoms with Crippen LogP contribution in [0.2, 0.25) is 0 Å². The van der Waals surface area contributed by atoms with Gasteiger partial charge in [-0.15, -0.1) is 0 Å². The van der Waals surface area contributed by atoms with Gasteiger partial charge in [-0.25, -0.2) is 9.97 Å². The first-order valence-corrected chi connectivity index (χ1v) is 7.39. The van der Waals surface area contributed by atoms with Crippen LogP contribution in [-0.2, 0) is 0 Å². The second-order valence-electron chi connectivity index (χ2n) is 2.97. The summed E-state index contributed by atoms with van der Waals surface area (Å²) < 4.78 is 3.49. The number of nitrogens with zero attached hydrogens (tertiary/aromatic N) is 2. The molecule has 0 fully saturated rings. The summed E-state index contributed by atoms with van der Waals surface area (Å²) in [6, 6.07) is 7.69. The van der Waals surface area contributed by atoms with Gasteiger partial charge in [0.25, 0.3) is 0 Å². The molecule has 82 valence electrons. The van der Waals surface area contributed by atoms with E-state index in [0.717, 1.165) is 23.7 Å². The van der Waals surface area contributed by atoms with Crippen LogP contribution < -0.4 is 0 Å². The van der Waals surface area contributed by atoms with Gasteiger partial charge in [0.2, 0.25) is 0 Å². The van der Waals surface area contributed by atoms with Crippen LogP contribution in [0.25, 0.3) is 11.4 Å². The van der Waals surface area contributed by atoms with Crippen molar-refractivity contribution in [3.63, 3.8) is 0 Å². The van der Waals surface area contributed by atoms with E-state index in [1.54, 1.807) is 6.07 Å². The smallest absolute Gasteiger partial charge is 0.161 e. The van der Waals surface area contributed by atoms with Gasteiger partial charge in [-0.05, 0) is 81.9 Å². The molecule has 2 rings (SSSR count). The molecule has 6 heteroatoms. The SMILES string of the molecule is Brc1cc(Br)nc(-c2ccc(Br)c(Br)c2)n1. The van der Waals surface area contributed by atoms with Crippen LogP contribution in [0.4, 0.5) is 0 Å². The second-order valence-corrected chi connectivity index (χ2v) is 6.30. The van der Waals surface area contributed by atoms with Crippen molar-refractivity contribution >= 4 is 63.7 Å². The van der Waals surface area contributed by atoms with Crippen LogP contribution in [0.1, 0.15) is 0 Å². The lowest BCUT2D eigenvalue weighted by molar-refractivity contribution is 1.12. The van der Waals surface area contributed by atoms with Crippen LogP contribution in [0, 0.1) is 0 Å². The van der Waals surface area contributed by atoms with Crippen molar-refractivity contribution in [2.24, 2.45) is 0 Å². The van der Waals surface area contributed by atoms with E-state index in [9.17, 15) is 0 Å². The molecule has 0 bridgehead atoms. The maximum absolute atomic E-state index is 4.31. The molecule has 0 N–H and O–H groups in total. The zero-order valence-electron chi connectivity index (χ0n) is 7.72. The zero-order chi connectivity index (χ0) is 11.7. The van der Waals surface area contributed by atoms with Crippen LogP contribution in [-0.4, -0.2) is 9.97 Å². The molecule has 16 heavy (non-hydrogen) atoms. The molecular weight excluding hydrogens is 468 g/mol. The first-order chi connectivity index (χ1) is 7.56. The van der Waals surface area contributed by atoms with Crippen LogP contribution in [0.5, 0.6) is 0 Å². The van der Waals surface area contributed by atoms with Crippen molar-refractivity contribution in [2.45, 2.75) is 0 Å². The number of hydrogen-bond donors (Lipinski definition) is 0. The Bertz CT molecular complexity index is 522. The highest BCUT2D eigenvalue weighted by Crippen LogP contribution is 2.28. The lowest BCUT2D eigenvalue weighted by Crippen LogP contribution is -1.90. The molecule has 0 aliphatic carbocycles. The minimum Gasteiger partial charge on any atom is -0.221 e. The van der Waals surface area contributed by atoms with Crippen molar-refractivity contribution in [2.75, 3.05) is 0 Å². The quantitative estimate of drug-likeness (QED) is 0.535. The van der Waals surface area contributed by atoms with E-state index in [4.69, 9.17) is 0 Å². The summed E-state index contributed by atoms with van der Waals surface area (Å²) in [4.78, 5) is 8.63. The fraction of sp³-hybridized carbons (Fsp3) is 0. The van der Waals surface area contributed by atoms with E-state index in [2.05, 4.69) is 73.7 Å². The number of halogens is 4. The summed E-state index contributed by atoms with van der Waals surface area (Å²) in [7, 11) is 0. The van der Waals surface area contributed by atoms with Crippen LogP contribution >= 0.6 is 63.7 Å². The Labute approximate surface area is 126 Å². The molecule has 0 aliphatic rings. The van der Waals surface area contributed by atoms with Crippen molar-refractivity contribution in [3.8, 4) is 11.4 Å². The van der Waals surface area contributed by atoms with Crippen LogP contribution in [0.3, 0.4) is 0 Å². The molecule has 1 heterocycles. The fourth-order valence-electron chi connectivity index (χ4n) is 1.15. The van der Waals surface area contributed by atoms with Gasteiger partial charge in [-0.1, -0.05) is 0 Å². The summed E-state index contributed by atoms with van der Waals surface area (Å²) in [5.41, 5.74) is 0.956. The molecule has 1 aromatic heterocycles. The molecule has 0 aliphatic heterocycles. The third-order valence-electron chi connectivity index (χ3n) is 1.84. The summed E-state index contributed by atoms with van der Waals surface area (Å²) in [5.74, 6) is 0.675. The van der Waals surface area contributed by atoms with Gasteiger partial charge in [-0.3, -0.25) is 0 Å². The predicted molar refractivity (Wildman–Crippen MR) is 78.3 cm³/mol. The van der Waals surface area contributed by atoms with E-state index >= 15 is 0 Å². The fourth-order valence-corrected chi connectivity index (χ4v) is 2.86. The topological polar surface area (TPSA) is 25.8 Å². The Morgan fingerprint density at radius 1 is 0.750 bits per heavy atom. The van der Waals surface area contributed by atoms with Gasteiger partial charge in [-0.2, -0.15) is 0 Å². The Kier molecular flexibility index (Phi) is 4.15. The van der Waals surface area contributed by atoms with Gasteiger partial charge < -0.3 is 0 Å². The highest BCUT2D eigenvalue weighted by atomic mass is 79.9. The molecule has 0 spiro atoms. The van der Waals surface area contributed by atoms with Gasteiger partial charge in [0.05, 0.1) is 0 Å². The second kappa shape index (κ2) is 5.25. The molecule has 2 aromatic rings. The summed E-state index contributed by atoms with van der Waals surface area (Å²) in [6.45, 7) is 0. The van der Waals surface area contributed by atoms with Crippen molar-refractivity contribution < 1.29 is 0 Å². The summed E-state index contributed by atoms with van der Waals surface area (Å²) in [6.07, 6.45) is 0. The number of hydrogen-bond acceptors (Lipinski definition) is 2. The minimum atomic E-state index is 0.675. The maximum atomic E-state index is 4.31. The Morgan fingerprint density at radius 3 is 1.94 bits per heavy atom. The molecule has 0 amide bonds. The first-order valence-electron chi connectivity index (χ1n) is 4.22. The standard InChI is InChI=1S/C10H4Br4N2/c11-6-2-1-5(3-7(6)12)10-15-8(13)4-9(14)16-10/h1-4H. The van der Waals surface area contributed by atoms with E-state index in [0.29, 0.717) is 5.82 Å². The number of aromatic nitrogens is 2. The van der Waals surface area contributed by atoms with E-state index in [1.807, 2.05) is 18.2 Å². The Morgan fingerprint density at radius 2 is 1.38 bits per heavy atom. The van der Waals surface area contributed by atoms with E-state index < -0.39 is 0 Å². The molecule has 2 nitrogen and oxygen atoms in total. The lowest BCUT2D eigenvalue weighted by atomic mass is 10.2. The Balaban J connectivity index is 2.54. The third kappa shape index (κ3) is 2.91. The van der Waals surface area contributed by atoms with Crippen LogP contribution in [0.15, 0.2) is 42.4 Å². The monoisotopic (exact) mass is 468 g/mol. The van der Waals surface area contributed by atoms with Gasteiger partial charge in [0.15, 0.2) is 5.82 Å². The van der Waals surface area contributed by atoms with E-state index in [1.165, 1.54) is 0 Å². The van der Waals surface area contributed by atoms with E-state index in [-0.39, 0.29) is 0 Å². The highest BCUT2D eigenvalue weighted by molar-refractivity contribution is 9.13. The first kappa shape index (κ1) is 12.7. The number of benzene rings is 1. The molecule has 0 saturated heterocycles. The number of rotatable bonds is 1. The summed E-state index contributed by atoms with van der Waals surface area (Å²) in [5, 5.41) is 0. The predicted octanol–water partition coefficient (Wildman–Crippen LogP) is 5.19. The lowest BCUT2D eigenvalue weighted by Gasteiger charge is -2.03. The minimum absolute atomic E-state index is 0.675. The maximum Gasteiger partial charge on any atom is 0.161 e. The molecule has 0 atom stereocenters. The molecule has 0 saturated carbocycles. The van der Waals surface area contributed by atoms with Crippen molar-refractivity contribution in [1.82, 2.24) is 9.97 Å². The third-order valence-corrected chi connectivity index (χ3v) is 4.53. The average molecular weight is 472 g/mol.